The number of nitrogens with zero attached hydrogens (tertiary/aromatic N) is 3. The number of hydrogen-bond donors (Lipinski definition) is 0. The molecule has 7 nitrogen and oxygen atoms in total. The molecule has 1 saturated heterocycles. The monoisotopic (exact) mass is 453 g/mol. The normalized spacial score (nSPS) is 14.1. The van der Waals surface area contributed by atoms with E-state index in [0.717, 1.165) is 43.2 Å². The van der Waals surface area contributed by atoms with Crippen LogP contribution in [0.15, 0.2) is 53.4 Å². The van der Waals surface area contributed by atoms with Crippen LogP contribution in [0.25, 0.3) is 0 Å². The zero-order chi connectivity index (χ0) is 22.3. The number of benzene rings is 2. The summed E-state index contributed by atoms with van der Waals surface area (Å²) < 4.78 is 16.6. The summed E-state index contributed by atoms with van der Waals surface area (Å²) in [6, 6.07) is 13.4. The molecular weight excluding hydrogens is 426 g/mol. The SMILES string of the molecule is COc1ccc(N2CCCN(C(=O)c3ccc(OCc4cscn4)c(OC)c3)CC2)cc1. The standard InChI is InChI=1S/C24H27N3O4S/c1-29-21-7-5-20(6-8-21)26-10-3-11-27(13-12-26)24(28)18-4-9-22(23(14-18)30-2)31-15-19-16-32-17-25-19/h4-9,14,16-17H,3,10-13,15H2,1-2H3. The lowest BCUT2D eigenvalue weighted by atomic mass is 10.1. The molecule has 1 amide bonds. The van der Waals surface area contributed by atoms with Crippen LogP contribution in [0.3, 0.4) is 0 Å². The van der Waals surface area contributed by atoms with Gasteiger partial charge in [0, 0.05) is 42.8 Å². The topological polar surface area (TPSA) is 64.1 Å². The van der Waals surface area contributed by atoms with Crippen molar-refractivity contribution in [2.24, 2.45) is 0 Å². The molecule has 2 heterocycles. The third-order valence-electron chi connectivity index (χ3n) is 5.49. The summed E-state index contributed by atoms with van der Waals surface area (Å²) in [4.78, 5) is 21.6. The number of hydrogen-bond acceptors (Lipinski definition) is 7. The molecule has 168 valence electrons. The molecule has 4 rings (SSSR count). The zero-order valence-corrected chi connectivity index (χ0v) is 19.1. The van der Waals surface area contributed by atoms with Crippen LogP contribution in [0.4, 0.5) is 5.69 Å². The molecule has 3 aromatic rings. The quantitative estimate of drug-likeness (QED) is 0.537. The van der Waals surface area contributed by atoms with Crippen LogP contribution in [0.2, 0.25) is 0 Å². The number of methoxy groups -OCH3 is 2. The van der Waals surface area contributed by atoms with E-state index in [4.69, 9.17) is 14.2 Å². The van der Waals surface area contributed by atoms with Crippen molar-refractivity contribution in [3.8, 4) is 17.2 Å². The molecule has 0 radical (unpaired) electrons. The maximum Gasteiger partial charge on any atom is 0.254 e. The summed E-state index contributed by atoms with van der Waals surface area (Å²) in [5, 5.41) is 1.94. The van der Waals surface area contributed by atoms with E-state index in [0.29, 0.717) is 30.2 Å². The predicted octanol–water partition coefficient (Wildman–Crippen LogP) is 4.09. The van der Waals surface area contributed by atoms with Crippen molar-refractivity contribution in [1.29, 1.82) is 0 Å². The van der Waals surface area contributed by atoms with Gasteiger partial charge in [-0.25, -0.2) is 4.98 Å². The molecule has 0 unspecified atom stereocenters. The van der Waals surface area contributed by atoms with E-state index in [1.165, 1.54) is 11.3 Å². The fourth-order valence-corrected chi connectivity index (χ4v) is 4.28. The molecule has 1 aromatic heterocycles. The summed E-state index contributed by atoms with van der Waals surface area (Å²) in [6.07, 6.45) is 0.906. The Morgan fingerprint density at radius 3 is 2.56 bits per heavy atom. The molecule has 0 spiro atoms. The van der Waals surface area contributed by atoms with Gasteiger partial charge in [-0.3, -0.25) is 4.79 Å². The number of rotatable bonds is 7. The lowest BCUT2D eigenvalue weighted by Gasteiger charge is -2.24. The summed E-state index contributed by atoms with van der Waals surface area (Å²) in [5.74, 6) is 1.98. The molecule has 0 saturated carbocycles. The Morgan fingerprint density at radius 2 is 1.84 bits per heavy atom. The number of carbonyl (C=O) groups is 1. The summed E-state index contributed by atoms with van der Waals surface area (Å²) in [7, 11) is 3.25. The Bertz CT molecular complexity index is 1020. The molecule has 0 aliphatic carbocycles. The van der Waals surface area contributed by atoms with Gasteiger partial charge in [0.2, 0.25) is 0 Å². The van der Waals surface area contributed by atoms with Crippen LogP contribution in [-0.2, 0) is 6.61 Å². The third-order valence-corrected chi connectivity index (χ3v) is 6.13. The van der Waals surface area contributed by atoms with Crippen LogP contribution < -0.4 is 19.1 Å². The van der Waals surface area contributed by atoms with E-state index in [1.807, 2.05) is 22.4 Å². The first-order valence-corrected chi connectivity index (χ1v) is 11.5. The largest absolute Gasteiger partial charge is 0.497 e. The number of carbonyl (C=O) groups excluding carboxylic acids is 1. The van der Waals surface area contributed by atoms with Gasteiger partial charge in [0.1, 0.15) is 12.4 Å². The van der Waals surface area contributed by atoms with Crippen LogP contribution in [0, 0.1) is 0 Å². The van der Waals surface area contributed by atoms with Gasteiger partial charge in [-0.05, 0) is 48.9 Å². The highest BCUT2D eigenvalue weighted by molar-refractivity contribution is 7.07. The number of aromatic nitrogens is 1. The Morgan fingerprint density at radius 1 is 1.00 bits per heavy atom. The molecule has 1 aliphatic heterocycles. The highest BCUT2D eigenvalue weighted by atomic mass is 32.1. The molecule has 0 atom stereocenters. The summed E-state index contributed by atoms with van der Waals surface area (Å²) >= 11 is 1.53. The van der Waals surface area contributed by atoms with Gasteiger partial charge in [0.05, 0.1) is 25.4 Å². The molecule has 8 heteroatoms. The van der Waals surface area contributed by atoms with E-state index < -0.39 is 0 Å². The summed E-state index contributed by atoms with van der Waals surface area (Å²) in [5.41, 5.74) is 4.38. The first kappa shape index (κ1) is 22.0. The van der Waals surface area contributed by atoms with Crippen LogP contribution in [0.1, 0.15) is 22.5 Å². The van der Waals surface area contributed by atoms with Crippen LogP contribution >= 0.6 is 11.3 Å². The minimum absolute atomic E-state index is 0.00549. The second-order valence-electron chi connectivity index (χ2n) is 7.46. The lowest BCUT2D eigenvalue weighted by Crippen LogP contribution is -2.35. The Balaban J connectivity index is 1.40. The molecule has 2 aromatic carbocycles. The predicted molar refractivity (Wildman–Crippen MR) is 125 cm³/mol. The first-order chi connectivity index (χ1) is 15.7. The highest BCUT2D eigenvalue weighted by Gasteiger charge is 2.22. The van der Waals surface area contributed by atoms with E-state index in [-0.39, 0.29) is 5.91 Å². The maximum absolute atomic E-state index is 13.2. The average molecular weight is 454 g/mol. The molecule has 0 bridgehead atoms. The van der Waals surface area contributed by atoms with Gasteiger partial charge in [-0.2, -0.15) is 0 Å². The number of ether oxygens (including phenoxy) is 3. The molecular formula is C24H27N3O4S. The Hall–Kier alpha value is -3.26. The number of thiazole rings is 1. The molecule has 1 aliphatic rings. The Kier molecular flexibility index (Phi) is 7.11. The Labute approximate surface area is 192 Å². The van der Waals surface area contributed by atoms with Crippen molar-refractivity contribution in [2.45, 2.75) is 13.0 Å². The van der Waals surface area contributed by atoms with Crippen molar-refractivity contribution in [2.75, 3.05) is 45.3 Å². The highest BCUT2D eigenvalue weighted by Crippen LogP contribution is 2.30. The minimum atomic E-state index is 0.00549. The van der Waals surface area contributed by atoms with Crippen molar-refractivity contribution in [3.63, 3.8) is 0 Å². The summed E-state index contributed by atoms with van der Waals surface area (Å²) in [6.45, 7) is 3.43. The number of amides is 1. The molecule has 0 N–H and O–H groups in total. The van der Waals surface area contributed by atoms with Crippen molar-refractivity contribution < 1.29 is 19.0 Å². The van der Waals surface area contributed by atoms with Crippen molar-refractivity contribution >= 4 is 22.9 Å². The smallest absolute Gasteiger partial charge is 0.254 e. The van der Waals surface area contributed by atoms with Gasteiger partial charge in [-0.15, -0.1) is 11.3 Å². The van der Waals surface area contributed by atoms with E-state index in [9.17, 15) is 4.79 Å². The fraction of sp³-hybridized carbons (Fsp3) is 0.333. The second-order valence-corrected chi connectivity index (χ2v) is 8.18. The first-order valence-electron chi connectivity index (χ1n) is 10.5. The zero-order valence-electron chi connectivity index (χ0n) is 18.3. The molecule has 1 fully saturated rings. The second kappa shape index (κ2) is 10.4. The van der Waals surface area contributed by atoms with E-state index >= 15 is 0 Å². The van der Waals surface area contributed by atoms with Crippen molar-refractivity contribution in [1.82, 2.24) is 9.88 Å². The average Bonchev–Trinajstić information content (AvgIpc) is 3.25. The van der Waals surface area contributed by atoms with E-state index in [2.05, 4.69) is 22.0 Å². The molecule has 32 heavy (non-hydrogen) atoms. The number of anilines is 1. The van der Waals surface area contributed by atoms with Gasteiger partial charge in [-0.1, -0.05) is 0 Å². The van der Waals surface area contributed by atoms with Crippen molar-refractivity contribution in [3.05, 3.63) is 64.6 Å². The van der Waals surface area contributed by atoms with Crippen LogP contribution in [-0.4, -0.2) is 56.2 Å². The van der Waals surface area contributed by atoms with E-state index in [1.54, 1.807) is 37.9 Å². The minimum Gasteiger partial charge on any atom is -0.497 e. The van der Waals surface area contributed by atoms with Gasteiger partial charge >= 0.3 is 0 Å². The van der Waals surface area contributed by atoms with Gasteiger partial charge in [0.25, 0.3) is 5.91 Å². The van der Waals surface area contributed by atoms with Gasteiger partial charge < -0.3 is 24.0 Å². The maximum atomic E-state index is 13.2. The lowest BCUT2D eigenvalue weighted by molar-refractivity contribution is 0.0766. The third kappa shape index (κ3) is 5.13. The van der Waals surface area contributed by atoms with Crippen LogP contribution in [0.5, 0.6) is 17.2 Å². The fourth-order valence-electron chi connectivity index (χ4n) is 3.73. The van der Waals surface area contributed by atoms with Gasteiger partial charge in [0.15, 0.2) is 11.5 Å².